The first-order valence-corrected chi connectivity index (χ1v) is 7.89. The number of hydrogen-bond acceptors (Lipinski definition) is 2. The molecule has 0 unspecified atom stereocenters. The van der Waals surface area contributed by atoms with Crippen LogP contribution in [0.2, 0.25) is 10.0 Å². The van der Waals surface area contributed by atoms with Gasteiger partial charge in [-0.15, -0.1) is 0 Å². The number of piperazine rings is 1. The van der Waals surface area contributed by atoms with E-state index >= 15 is 0 Å². The highest BCUT2D eigenvalue weighted by atomic mass is 35.5. The zero-order valence-electron chi connectivity index (χ0n) is 11.0. The average Bonchev–Trinajstić information content (AvgIpc) is 3.20. The molecule has 1 N–H and O–H groups in total. The van der Waals surface area contributed by atoms with Crippen molar-refractivity contribution in [3.05, 3.63) is 33.8 Å². The molecule has 1 aliphatic heterocycles. The van der Waals surface area contributed by atoms with Gasteiger partial charge in [0, 0.05) is 42.3 Å². The number of halogens is 2. The van der Waals surface area contributed by atoms with Crippen molar-refractivity contribution in [1.82, 2.24) is 10.2 Å². The van der Waals surface area contributed by atoms with Crippen molar-refractivity contribution >= 4 is 23.2 Å². The number of nitrogens with one attached hydrogen (secondary N) is 1. The molecule has 1 aromatic rings. The van der Waals surface area contributed by atoms with Gasteiger partial charge < -0.3 is 5.32 Å². The number of hydrogen-bond donors (Lipinski definition) is 1. The summed E-state index contributed by atoms with van der Waals surface area (Å²) in [6.45, 7) is 4.38. The van der Waals surface area contributed by atoms with Crippen LogP contribution in [0.3, 0.4) is 0 Å². The molecule has 1 saturated heterocycles. The Morgan fingerprint density at radius 3 is 2.32 bits per heavy atom. The normalized spacial score (nSPS) is 22.4. The molecule has 1 aromatic carbocycles. The van der Waals surface area contributed by atoms with Crippen molar-refractivity contribution in [2.75, 3.05) is 26.2 Å². The lowest BCUT2D eigenvalue weighted by Crippen LogP contribution is -2.45. The van der Waals surface area contributed by atoms with E-state index in [-0.39, 0.29) is 0 Å². The molecule has 1 heterocycles. The lowest BCUT2D eigenvalue weighted by Gasteiger charge is -2.35. The first-order chi connectivity index (χ1) is 9.22. The maximum atomic E-state index is 6.17. The van der Waals surface area contributed by atoms with Crippen LogP contribution in [0, 0.1) is 5.92 Å². The van der Waals surface area contributed by atoms with Crippen LogP contribution in [0.4, 0.5) is 0 Å². The van der Waals surface area contributed by atoms with E-state index in [0.717, 1.165) is 42.1 Å². The summed E-state index contributed by atoms with van der Waals surface area (Å²) in [5.41, 5.74) is 1.28. The Hall–Kier alpha value is -0.280. The van der Waals surface area contributed by atoms with Gasteiger partial charge in [0.1, 0.15) is 0 Å². The summed E-state index contributed by atoms with van der Waals surface area (Å²) in [5, 5.41) is 4.92. The average molecular weight is 299 g/mol. The zero-order valence-corrected chi connectivity index (χ0v) is 12.6. The van der Waals surface area contributed by atoms with Gasteiger partial charge in [-0.2, -0.15) is 0 Å². The third-order valence-electron chi connectivity index (χ3n) is 4.12. The SMILES string of the molecule is Clc1cc(Cl)cc([C@H](CC2CC2)N2CCNCC2)c1. The molecule has 2 nitrogen and oxygen atoms in total. The van der Waals surface area contributed by atoms with Gasteiger partial charge in [-0.1, -0.05) is 36.0 Å². The van der Waals surface area contributed by atoms with E-state index in [1.807, 2.05) is 6.07 Å². The third kappa shape index (κ3) is 3.63. The fourth-order valence-electron chi connectivity index (χ4n) is 2.93. The molecule has 2 fully saturated rings. The molecule has 1 atom stereocenters. The lowest BCUT2D eigenvalue weighted by molar-refractivity contribution is 0.160. The first kappa shape index (κ1) is 13.7. The predicted molar refractivity (Wildman–Crippen MR) is 81.0 cm³/mol. The molecular formula is C15H20Cl2N2. The monoisotopic (exact) mass is 298 g/mol. The number of benzene rings is 1. The van der Waals surface area contributed by atoms with E-state index < -0.39 is 0 Å². The summed E-state index contributed by atoms with van der Waals surface area (Å²) in [7, 11) is 0. The van der Waals surface area contributed by atoms with E-state index in [1.54, 1.807) is 0 Å². The van der Waals surface area contributed by atoms with Gasteiger partial charge in [0.25, 0.3) is 0 Å². The van der Waals surface area contributed by atoms with Crippen LogP contribution in [-0.4, -0.2) is 31.1 Å². The van der Waals surface area contributed by atoms with E-state index in [9.17, 15) is 0 Å². The quantitative estimate of drug-likeness (QED) is 0.911. The summed E-state index contributed by atoms with van der Waals surface area (Å²) >= 11 is 12.3. The minimum Gasteiger partial charge on any atom is -0.314 e. The van der Waals surface area contributed by atoms with Crippen LogP contribution in [0.1, 0.15) is 30.9 Å². The highest BCUT2D eigenvalue weighted by Gasteiger charge is 2.30. The Labute approximate surface area is 125 Å². The van der Waals surface area contributed by atoms with E-state index in [2.05, 4.69) is 22.3 Å². The van der Waals surface area contributed by atoms with Crippen LogP contribution < -0.4 is 5.32 Å². The Kier molecular flexibility index (Phi) is 4.33. The summed E-state index contributed by atoms with van der Waals surface area (Å²) in [5.74, 6) is 0.901. The Bertz CT molecular complexity index is 420. The van der Waals surface area contributed by atoms with Gasteiger partial charge in [0.05, 0.1) is 0 Å². The van der Waals surface area contributed by atoms with Gasteiger partial charge in [-0.05, 0) is 36.1 Å². The predicted octanol–water partition coefficient (Wildman–Crippen LogP) is 3.74. The second kappa shape index (κ2) is 6.01. The van der Waals surface area contributed by atoms with Gasteiger partial charge in [0.2, 0.25) is 0 Å². The molecule has 19 heavy (non-hydrogen) atoms. The largest absolute Gasteiger partial charge is 0.314 e. The first-order valence-electron chi connectivity index (χ1n) is 7.13. The van der Waals surface area contributed by atoms with Crippen molar-refractivity contribution in [3.63, 3.8) is 0 Å². The molecule has 0 amide bonds. The van der Waals surface area contributed by atoms with Crippen molar-refractivity contribution in [3.8, 4) is 0 Å². The molecule has 0 spiro atoms. The van der Waals surface area contributed by atoms with Crippen LogP contribution in [0.15, 0.2) is 18.2 Å². The molecule has 0 bridgehead atoms. The van der Waals surface area contributed by atoms with Crippen LogP contribution >= 0.6 is 23.2 Å². The Morgan fingerprint density at radius 1 is 1.11 bits per heavy atom. The molecule has 1 saturated carbocycles. The van der Waals surface area contributed by atoms with Gasteiger partial charge in [-0.25, -0.2) is 0 Å². The van der Waals surface area contributed by atoms with Crippen LogP contribution in [0.5, 0.6) is 0 Å². The molecule has 0 aromatic heterocycles. The van der Waals surface area contributed by atoms with Gasteiger partial charge >= 0.3 is 0 Å². The highest BCUT2D eigenvalue weighted by molar-refractivity contribution is 6.34. The molecule has 4 heteroatoms. The fraction of sp³-hybridized carbons (Fsp3) is 0.600. The fourth-order valence-corrected chi connectivity index (χ4v) is 3.47. The minimum atomic E-state index is 0.478. The van der Waals surface area contributed by atoms with Gasteiger partial charge in [0.15, 0.2) is 0 Å². The smallest absolute Gasteiger partial charge is 0.0424 e. The summed E-state index contributed by atoms with van der Waals surface area (Å²) in [4.78, 5) is 2.58. The molecule has 0 radical (unpaired) electrons. The Morgan fingerprint density at radius 2 is 1.74 bits per heavy atom. The maximum absolute atomic E-state index is 6.17. The third-order valence-corrected chi connectivity index (χ3v) is 4.55. The topological polar surface area (TPSA) is 15.3 Å². The van der Waals surface area contributed by atoms with E-state index in [4.69, 9.17) is 23.2 Å². The van der Waals surface area contributed by atoms with Crippen molar-refractivity contribution in [2.45, 2.75) is 25.3 Å². The highest BCUT2D eigenvalue weighted by Crippen LogP contribution is 2.41. The van der Waals surface area contributed by atoms with Gasteiger partial charge in [-0.3, -0.25) is 4.90 Å². The molecule has 104 valence electrons. The van der Waals surface area contributed by atoms with Crippen LogP contribution in [0.25, 0.3) is 0 Å². The second-order valence-corrected chi connectivity index (χ2v) is 6.56. The van der Waals surface area contributed by atoms with Crippen molar-refractivity contribution < 1.29 is 0 Å². The van der Waals surface area contributed by atoms with Crippen molar-refractivity contribution in [2.24, 2.45) is 5.92 Å². The minimum absolute atomic E-state index is 0.478. The summed E-state index contributed by atoms with van der Waals surface area (Å²) in [6.07, 6.45) is 4.02. The molecule has 2 aliphatic rings. The van der Waals surface area contributed by atoms with E-state index in [1.165, 1.54) is 24.8 Å². The zero-order chi connectivity index (χ0) is 13.2. The number of nitrogens with zero attached hydrogens (tertiary/aromatic N) is 1. The molecule has 1 aliphatic carbocycles. The molecule has 3 rings (SSSR count). The van der Waals surface area contributed by atoms with E-state index in [0.29, 0.717) is 6.04 Å². The summed E-state index contributed by atoms with van der Waals surface area (Å²) < 4.78 is 0. The Balaban J connectivity index is 1.83. The second-order valence-electron chi connectivity index (χ2n) is 5.68. The van der Waals surface area contributed by atoms with Crippen molar-refractivity contribution in [1.29, 1.82) is 0 Å². The lowest BCUT2D eigenvalue weighted by atomic mass is 9.98. The maximum Gasteiger partial charge on any atom is 0.0424 e. The summed E-state index contributed by atoms with van der Waals surface area (Å²) in [6, 6.07) is 6.47. The number of rotatable bonds is 4. The molecular weight excluding hydrogens is 279 g/mol. The standard InChI is InChI=1S/C15H20Cl2N2/c16-13-8-12(9-14(17)10-13)15(7-11-1-2-11)19-5-3-18-4-6-19/h8-11,15,18H,1-7H2/t15-/m0/s1. The van der Waals surface area contributed by atoms with Crippen LogP contribution in [-0.2, 0) is 0 Å².